The molecule has 0 atom stereocenters. The Bertz CT molecular complexity index is 194. The maximum Gasteiger partial charge on any atom is 0.309 e. The molecule has 0 N–H and O–H groups in total. The molecule has 0 bridgehead atoms. The number of methoxy groups -OCH3 is 1. The second-order valence-corrected chi connectivity index (χ2v) is 3.57. The van der Waals surface area contributed by atoms with Gasteiger partial charge in [-0.05, 0) is 25.7 Å². The number of allylic oxidation sites excluding steroid dienone is 1. The first-order valence-corrected chi connectivity index (χ1v) is 5.07. The van der Waals surface area contributed by atoms with Gasteiger partial charge in [0.15, 0.2) is 0 Å². The van der Waals surface area contributed by atoms with Crippen LogP contribution in [0, 0.1) is 0 Å². The fraction of sp³-hybridized carbons (Fsp3) is 0.727. The van der Waals surface area contributed by atoms with E-state index >= 15 is 0 Å². The fourth-order valence-corrected chi connectivity index (χ4v) is 1.68. The maximum absolute atomic E-state index is 11.0. The van der Waals surface area contributed by atoms with E-state index < -0.39 is 0 Å². The summed E-state index contributed by atoms with van der Waals surface area (Å²) >= 11 is 0. The lowest BCUT2D eigenvalue weighted by Crippen LogP contribution is -2.02. The average molecular weight is 182 g/mol. The molecule has 2 heteroatoms. The molecule has 0 amide bonds. The van der Waals surface area contributed by atoms with Gasteiger partial charge in [-0.1, -0.05) is 24.5 Å². The van der Waals surface area contributed by atoms with E-state index in [9.17, 15) is 4.79 Å². The third kappa shape index (κ3) is 4.11. The molecule has 0 aliphatic heterocycles. The lowest BCUT2D eigenvalue weighted by atomic mass is 9.98. The number of hydrogen-bond acceptors (Lipinski definition) is 2. The molecule has 1 aliphatic rings. The summed E-state index contributed by atoms with van der Waals surface area (Å²) in [6.07, 6.45) is 10.1. The molecule has 0 spiro atoms. The molecular formula is C11H18O2. The van der Waals surface area contributed by atoms with Crippen molar-refractivity contribution in [3.63, 3.8) is 0 Å². The van der Waals surface area contributed by atoms with Crippen LogP contribution in [0.4, 0.5) is 0 Å². The van der Waals surface area contributed by atoms with Crippen molar-refractivity contribution in [2.45, 2.75) is 44.9 Å². The summed E-state index contributed by atoms with van der Waals surface area (Å²) in [5.74, 6) is -0.105. The summed E-state index contributed by atoms with van der Waals surface area (Å²) in [7, 11) is 1.45. The zero-order valence-corrected chi connectivity index (χ0v) is 8.34. The normalized spacial score (nSPS) is 22.4. The van der Waals surface area contributed by atoms with Crippen molar-refractivity contribution in [1.29, 1.82) is 0 Å². The van der Waals surface area contributed by atoms with Crippen molar-refractivity contribution >= 4 is 5.97 Å². The van der Waals surface area contributed by atoms with Crippen molar-refractivity contribution in [2.75, 3.05) is 7.11 Å². The Morgan fingerprint density at radius 2 is 2.15 bits per heavy atom. The second kappa shape index (κ2) is 5.79. The van der Waals surface area contributed by atoms with Crippen LogP contribution in [-0.4, -0.2) is 13.1 Å². The van der Waals surface area contributed by atoms with Gasteiger partial charge in [0.05, 0.1) is 13.5 Å². The lowest BCUT2D eigenvalue weighted by molar-refractivity contribution is -0.139. The van der Waals surface area contributed by atoms with E-state index in [1.165, 1.54) is 38.4 Å². The third-order valence-electron chi connectivity index (χ3n) is 2.48. The molecule has 0 saturated carbocycles. The Kier molecular flexibility index (Phi) is 4.58. The molecule has 74 valence electrons. The van der Waals surface area contributed by atoms with E-state index in [1.54, 1.807) is 0 Å². The SMILES string of the molecule is COC(=O)C/C1=C/CCCCCC1. The molecule has 0 fully saturated rings. The zero-order valence-electron chi connectivity index (χ0n) is 8.34. The van der Waals surface area contributed by atoms with Gasteiger partial charge in [0.25, 0.3) is 0 Å². The molecule has 0 saturated heterocycles. The van der Waals surface area contributed by atoms with Crippen LogP contribution < -0.4 is 0 Å². The van der Waals surface area contributed by atoms with Crippen LogP contribution in [0.2, 0.25) is 0 Å². The first-order valence-electron chi connectivity index (χ1n) is 5.07. The molecule has 1 rings (SSSR count). The van der Waals surface area contributed by atoms with Gasteiger partial charge in [0, 0.05) is 0 Å². The molecule has 0 aromatic heterocycles. The number of ether oxygens (including phenoxy) is 1. The molecule has 0 heterocycles. The summed E-state index contributed by atoms with van der Waals surface area (Å²) < 4.78 is 4.65. The van der Waals surface area contributed by atoms with Gasteiger partial charge < -0.3 is 4.74 Å². The van der Waals surface area contributed by atoms with E-state index in [4.69, 9.17) is 0 Å². The van der Waals surface area contributed by atoms with E-state index in [1.807, 2.05) is 0 Å². The predicted molar refractivity (Wildman–Crippen MR) is 52.4 cm³/mol. The lowest BCUT2D eigenvalue weighted by Gasteiger charge is -2.09. The highest BCUT2D eigenvalue weighted by Crippen LogP contribution is 2.19. The molecule has 2 nitrogen and oxygen atoms in total. The number of esters is 1. The van der Waals surface area contributed by atoms with Crippen LogP contribution in [-0.2, 0) is 9.53 Å². The Balaban J connectivity index is 2.40. The predicted octanol–water partition coefficient (Wildman–Crippen LogP) is 2.83. The topological polar surface area (TPSA) is 26.3 Å². The smallest absolute Gasteiger partial charge is 0.309 e. The van der Waals surface area contributed by atoms with Gasteiger partial charge in [-0.3, -0.25) is 4.79 Å². The number of carbonyl (C=O) groups is 1. The molecule has 0 unspecified atom stereocenters. The summed E-state index contributed by atoms with van der Waals surface area (Å²) in [6.45, 7) is 0. The quantitative estimate of drug-likeness (QED) is 0.485. The summed E-state index contributed by atoms with van der Waals surface area (Å²) in [5.41, 5.74) is 1.27. The Morgan fingerprint density at radius 1 is 1.38 bits per heavy atom. The summed E-state index contributed by atoms with van der Waals surface area (Å²) in [4.78, 5) is 11.0. The van der Waals surface area contributed by atoms with Crippen molar-refractivity contribution in [3.8, 4) is 0 Å². The van der Waals surface area contributed by atoms with Crippen LogP contribution in [0.3, 0.4) is 0 Å². The van der Waals surface area contributed by atoms with Gasteiger partial charge in [-0.2, -0.15) is 0 Å². The molecular weight excluding hydrogens is 164 g/mol. The minimum absolute atomic E-state index is 0.105. The Hall–Kier alpha value is -0.790. The van der Waals surface area contributed by atoms with Crippen molar-refractivity contribution in [2.24, 2.45) is 0 Å². The highest BCUT2D eigenvalue weighted by molar-refractivity contribution is 5.72. The van der Waals surface area contributed by atoms with Crippen LogP contribution >= 0.6 is 0 Å². The fourth-order valence-electron chi connectivity index (χ4n) is 1.68. The van der Waals surface area contributed by atoms with Gasteiger partial charge in [0.1, 0.15) is 0 Å². The second-order valence-electron chi connectivity index (χ2n) is 3.57. The van der Waals surface area contributed by atoms with Crippen LogP contribution in [0.5, 0.6) is 0 Å². The van der Waals surface area contributed by atoms with Crippen molar-refractivity contribution in [3.05, 3.63) is 11.6 Å². The zero-order chi connectivity index (χ0) is 9.52. The van der Waals surface area contributed by atoms with E-state index in [2.05, 4.69) is 10.8 Å². The van der Waals surface area contributed by atoms with Crippen LogP contribution in [0.1, 0.15) is 44.9 Å². The molecule has 0 aromatic rings. The standard InChI is InChI=1S/C11H18O2/c1-13-11(12)9-10-7-5-3-2-4-6-8-10/h7H,2-6,8-9H2,1H3/b10-7+. The third-order valence-corrected chi connectivity index (χ3v) is 2.48. The van der Waals surface area contributed by atoms with Gasteiger partial charge in [-0.25, -0.2) is 0 Å². The first kappa shape index (κ1) is 10.3. The number of carbonyl (C=O) groups excluding carboxylic acids is 1. The first-order chi connectivity index (χ1) is 6.33. The highest BCUT2D eigenvalue weighted by atomic mass is 16.5. The Morgan fingerprint density at radius 3 is 2.92 bits per heavy atom. The number of rotatable bonds is 2. The van der Waals surface area contributed by atoms with Crippen LogP contribution in [0.25, 0.3) is 0 Å². The largest absolute Gasteiger partial charge is 0.469 e. The van der Waals surface area contributed by atoms with E-state index in [0.717, 1.165) is 12.8 Å². The molecule has 13 heavy (non-hydrogen) atoms. The summed E-state index contributed by atoms with van der Waals surface area (Å²) in [6, 6.07) is 0. The van der Waals surface area contributed by atoms with Crippen LogP contribution in [0.15, 0.2) is 11.6 Å². The molecule has 1 aliphatic carbocycles. The number of hydrogen-bond donors (Lipinski definition) is 0. The van der Waals surface area contributed by atoms with Gasteiger partial charge in [0.2, 0.25) is 0 Å². The van der Waals surface area contributed by atoms with E-state index in [0.29, 0.717) is 6.42 Å². The highest BCUT2D eigenvalue weighted by Gasteiger charge is 2.07. The average Bonchev–Trinajstić information content (AvgIpc) is 2.09. The van der Waals surface area contributed by atoms with Gasteiger partial charge >= 0.3 is 5.97 Å². The monoisotopic (exact) mass is 182 g/mol. The minimum Gasteiger partial charge on any atom is -0.469 e. The Labute approximate surface area is 80.0 Å². The maximum atomic E-state index is 11.0. The molecule has 0 aromatic carbocycles. The summed E-state index contributed by atoms with van der Waals surface area (Å²) in [5, 5.41) is 0. The van der Waals surface area contributed by atoms with Gasteiger partial charge in [-0.15, -0.1) is 0 Å². The minimum atomic E-state index is -0.105. The van der Waals surface area contributed by atoms with E-state index in [-0.39, 0.29) is 5.97 Å². The molecule has 0 radical (unpaired) electrons. The van der Waals surface area contributed by atoms with Crippen molar-refractivity contribution in [1.82, 2.24) is 0 Å². The van der Waals surface area contributed by atoms with Crippen molar-refractivity contribution < 1.29 is 9.53 Å².